The SMILES string of the molecule is Cc1cc(Cn2cc(F)ccc2=O)no1. The summed E-state index contributed by atoms with van der Waals surface area (Å²) >= 11 is 0. The molecule has 0 spiro atoms. The predicted octanol–water partition coefficient (Wildman–Crippen LogP) is 1.33. The summed E-state index contributed by atoms with van der Waals surface area (Å²) in [6.07, 6.45) is 1.15. The zero-order valence-electron chi connectivity index (χ0n) is 8.11. The lowest BCUT2D eigenvalue weighted by molar-refractivity contribution is 0.388. The second kappa shape index (κ2) is 3.68. The minimum Gasteiger partial charge on any atom is -0.361 e. The van der Waals surface area contributed by atoms with E-state index in [0.717, 1.165) is 12.3 Å². The Morgan fingerprint density at radius 2 is 2.33 bits per heavy atom. The van der Waals surface area contributed by atoms with E-state index in [1.54, 1.807) is 13.0 Å². The maximum atomic E-state index is 12.9. The van der Waals surface area contributed by atoms with Gasteiger partial charge in [0.15, 0.2) is 0 Å². The van der Waals surface area contributed by atoms with Crippen LogP contribution in [0.2, 0.25) is 0 Å². The molecule has 2 rings (SSSR count). The van der Waals surface area contributed by atoms with Gasteiger partial charge in [-0.25, -0.2) is 4.39 Å². The second-order valence-corrected chi connectivity index (χ2v) is 3.24. The summed E-state index contributed by atoms with van der Waals surface area (Å²) in [5, 5.41) is 3.72. The van der Waals surface area contributed by atoms with Gasteiger partial charge in [-0.3, -0.25) is 4.79 Å². The Labute approximate surface area is 84.9 Å². The van der Waals surface area contributed by atoms with Gasteiger partial charge in [0.1, 0.15) is 17.3 Å². The van der Waals surface area contributed by atoms with Crippen molar-refractivity contribution in [2.75, 3.05) is 0 Å². The Morgan fingerprint density at radius 3 is 3.00 bits per heavy atom. The Morgan fingerprint density at radius 1 is 1.53 bits per heavy atom. The molecule has 0 saturated carbocycles. The van der Waals surface area contributed by atoms with Crippen LogP contribution in [0.3, 0.4) is 0 Å². The highest BCUT2D eigenvalue weighted by Crippen LogP contribution is 2.03. The van der Waals surface area contributed by atoms with Crippen molar-refractivity contribution in [3.63, 3.8) is 0 Å². The summed E-state index contributed by atoms with van der Waals surface area (Å²) in [6, 6.07) is 4.02. The number of pyridine rings is 1. The van der Waals surface area contributed by atoms with Crippen molar-refractivity contribution in [1.82, 2.24) is 9.72 Å². The molecule has 0 atom stereocenters. The number of rotatable bonds is 2. The van der Waals surface area contributed by atoms with E-state index >= 15 is 0 Å². The lowest BCUT2D eigenvalue weighted by atomic mass is 10.3. The van der Waals surface area contributed by atoms with Crippen molar-refractivity contribution >= 4 is 0 Å². The molecule has 0 bridgehead atoms. The molecule has 0 aliphatic rings. The molecule has 0 saturated heterocycles. The molecular formula is C10H9FN2O2. The van der Waals surface area contributed by atoms with E-state index in [0.29, 0.717) is 11.5 Å². The Kier molecular flexibility index (Phi) is 2.37. The fourth-order valence-electron chi connectivity index (χ4n) is 1.29. The summed E-state index contributed by atoms with van der Waals surface area (Å²) in [6.45, 7) is 1.97. The Bertz CT molecular complexity index is 530. The van der Waals surface area contributed by atoms with Gasteiger partial charge in [0.2, 0.25) is 0 Å². The van der Waals surface area contributed by atoms with Gasteiger partial charge < -0.3 is 9.09 Å². The van der Waals surface area contributed by atoms with Crippen molar-refractivity contribution in [1.29, 1.82) is 0 Å². The van der Waals surface area contributed by atoms with Crippen molar-refractivity contribution < 1.29 is 8.91 Å². The lowest BCUT2D eigenvalue weighted by Crippen LogP contribution is -2.19. The molecule has 0 radical (unpaired) electrons. The van der Waals surface area contributed by atoms with Crippen LogP contribution in [0.15, 0.2) is 33.7 Å². The Balaban J connectivity index is 2.31. The van der Waals surface area contributed by atoms with E-state index in [-0.39, 0.29) is 12.1 Å². The van der Waals surface area contributed by atoms with Crippen LogP contribution in [0.25, 0.3) is 0 Å². The molecule has 0 aliphatic heterocycles. The van der Waals surface area contributed by atoms with Gasteiger partial charge in [0.25, 0.3) is 5.56 Å². The molecule has 4 nitrogen and oxygen atoms in total. The average Bonchev–Trinajstić information content (AvgIpc) is 2.58. The minimum absolute atomic E-state index is 0.216. The van der Waals surface area contributed by atoms with Crippen LogP contribution in [-0.4, -0.2) is 9.72 Å². The van der Waals surface area contributed by atoms with Crippen LogP contribution < -0.4 is 5.56 Å². The number of nitrogens with zero attached hydrogens (tertiary/aromatic N) is 2. The molecule has 0 amide bonds. The monoisotopic (exact) mass is 208 g/mol. The third-order valence-electron chi connectivity index (χ3n) is 1.96. The molecule has 2 aromatic rings. The molecule has 0 unspecified atom stereocenters. The smallest absolute Gasteiger partial charge is 0.251 e. The summed E-state index contributed by atoms with van der Waals surface area (Å²) in [4.78, 5) is 11.3. The first-order valence-electron chi connectivity index (χ1n) is 4.43. The van der Waals surface area contributed by atoms with E-state index in [1.807, 2.05) is 0 Å². The highest BCUT2D eigenvalue weighted by atomic mass is 19.1. The minimum atomic E-state index is -0.449. The third-order valence-corrected chi connectivity index (χ3v) is 1.96. The quantitative estimate of drug-likeness (QED) is 0.748. The summed E-state index contributed by atoms with van der Waals surface area (Å²) in [7, 11) is 0. The summed E-state index contributed by atoms with van der Waals surface area (Å²) < 4.78 is 18.9. The first-order valence-corrected chi connectivity index (χ1v) is 4.43. The van der Waals surface area contributed by atoms with Gasteiger partial charge in [0.05, 0.1) is 6.54 Å². The number of hydrogen-bond acceptors (Lipinski definition) is 3. The van der Waals surface area contributed by atoms with Gasteiger partial charge in [-0.2, -0.15) is 0 Å². The number of aryl methyl sites for hydroxylation is 1. The summed E-state index contributed by atoms with van der Waals surface area (Å²) in [5.74, 6) is 0.212. The summed E-state index contributed by atoms with van der Waals surface area (Å²) in [5.41, 5.74) is 0.331. The van der Waals surface area contributed by atoms with E-state index < -0.39 is 5.82 Å². The normalized spacial score (nSPS) is 10.5. The standard InChI is InChI=1S/C10H9FN2O2/c1-7-4-9(12-15-7)6-13-5-8(11)2-3-10(13)14/h2-5H,6H2,1H3. The van der Waals surface area contributed by atoms with Crippen molar-refractivity contribution in [2.24, 2.45) is 0 Å². The van der Waals surface area contributed by atoms with Gasteiger partial charge in [-0.1, -0.05) is 5.16 Å². The Hall–Kier alpha value is -1.91. The molecule has 0 aliphatic carbocycles. The zero-order chi connectivity index (χ0) is 10.8. The van der Waals surface area contributed by atoms with Crippen LogP contribution >= 0.6 is 0 Å². The van der Waals surface area contributed by atoms with Crippen molar-refractivity contribution in [3.8, 4) is 0 Å². The van der Waals surface area contributed by atoms with E-state index in [4.69, 9.17) is 4.52 Å². The van der Waals surface area contributed by atoms with Gasteiger partial charge >= 0.3 is 0 Å². The molecular weight excluding hydrogens is 199 g/mol. The number of hydrogen-bond donors (Lipinski definition) is 0. The van der Waals surface area contributed by atoms with Crippen LogP contribution in [0.5, 0.6) is 0 Å². The maximum Gasteiger partial charge on any atom is 0.251 e. The molecule has 2 heterocycles. The molecule has 0 aromatic carbocycles. The number of aromatic nitrogens is 2. The maximum absolute atomic E-state index is 12.9. The van der Waals surface area contributed by atoms with Gasteiger partial charge in [0, 0.05) is 18.3 Å². The van der Waals surface area contributed by atoms with Crippen LogP contribution in [-0.2, 0) is 6.54 Å². The highest BCUT2D eigenvalue weighted by Gasteiger charge is 2.03. The average molecular weight is 208 g/mol. The fraction of sp³-hybridized carbons (Fsp3) is 0.200. The molecule has 15 heavy (non-hydrogen) atoms. The first-order chi connectivity index (χ1) is 7.15. The van der Waals surface area contributed by atoms with Crippen LogP contribution in [0, 0.1) is 12.7 Å². The second-order valence-electron chi connectivity index (χ2n) is 3.24. The highest BCUT2D eigenvalue weighted by molar-refractivity contribution is 5.06. The molecule has 0 N–H and O–H groups in total. The van der Waals surface area contributed by atoms with Crippen LogP contribution in [0.1, 0.15) is 11.5 Å². The number of halogens is 1. The van der Waals surface area contributed by atoms with Crippen molar-refractivity contribution in [2.45, 2.75) is 13.5 Å². The molecule has 0 fully saturated rings. The van der Waals surface area contributed by atoms with Crippen LogP contribution in [0.4, 0.5) is 4.39 Å². The lowest BCUT2D eigenvalue weighted by Gasteiger charge is -2.01. The molecule has 2 aromatic heterocycles. The molecule has 78 valence electrons. The molecule has 5 heteroatoms. The van der Waals surface area contributed by atoms with E-state index in [1.165, 1.54) is 10.6 Å². The van der Waals surface area contributed by atoms with Gasteiger partial charge in [-0.05, 0) is 13.0 Å². The largest absolute Gasteiger partial charge is 0.361 e. The zero-order valence-corrected chi connectivity index (χ0v) is 8.11. The predicted molar refractivity (Wildman–Crippen MR) is 51.0 cm³/mol. The van der Waals surface area contributed by atoms with E-state index in [2.05, 4.69) is 5.16 Å². The van der Waals surface area contributed by atoms with Crippen molar-refractivity contribution in [3.05, 3.63) is 52.0 Å². The van der Waals surface area contributed by atoms with E-state index in [9.17, 15) is 9.18 Å². The topological polar surface area (TPSA) is 48.0 Å². The van der Waals surface area contributed by atoms with Gasteiger partial charge in [-0.15, -0.1) is 0 Å². The fourth-order valence-corrected chi connectivity index (χ4v) is 1.29. The first kappa shape index (κ1) is 9.64. The third kappa shape index (κ3) is 2.12.